The summed E-state index contributed by atoms with van der Waals surface area (Å²) in [7, 11) is 0. The molecular formula is C17H21N3O3S. The zero-order chi connectivity index (χ0) is 17.5. The van der Waals surface area contributed by atoms with Gasteiger partial charge in [-0.2, -0.15) is 0 Å². The SMILES string of the molecule is CC(=O)Nc1ccc(NC(=O)[C@@H]2CS[C@]3(C)CCC(=O)N23)cc1C. The maximum absolute atomic E-state index is 12.6. The van der Waals surface area contributed by atoms with Crippen LogP contribution in [-0.2, 0) is 14.4 Å². The number of anilines is 2. The Morgan fingerprint density at radius 1 is 1.33 bits per heavy atom. The predicted octanol–water partition coefficient (Wildman–Crippen LogP) is 2.35. The van der Waals surface area contributed by atoms with Crippen molar-refractivity contribution >= 4 is 40.9 Å². The van der Waals surface area contributed by atoms with Crippen molar-refractivity contribution in [3.8, 4) is 0 Å². The van der Waals surface area contributed by atoms with Crippen LogP contribution in [0.4, 0.5) is 11.4 Å². The molecule has 0 spiro atoms. The first-order valence-corrected chi connectivity index (χ1v) is 8.94. The Kier molecular flexibility index (Phi) is 4.29. The summed E-state index contributed by atoms with van der Waals surface area (Å²) in [6, 6.07) is 4.91. The van der Waals surface area contributed by atoms with Crippen LogP contribution in [0.3, 0.4) is 0 Å². The molecule has 2 fully saturated rings. The van der Waals surface area contributed by atoms with Crippen molar-refractivity contribution in [2.75, 3.05) is 16.4 Å². The van der Waals surface area contributed by atoms with Crippen LogP contribution in [0.25, 0.3) is 0 Å². The highest BCUT2D eigenvalue weighted by Crippen LogP contribution is 2.47. The lowest BCUT2D eigenvalue weighted by molar-refractivity contribution is -0.135. The van der Waals surface area contributed by atoms with E-state index < -0.39 is 6.04 Å². The summed E-state index contributed by atoms with van der Waals surface area (Å²) in [4.78, 5) is 37.4. The highest BCUT2D eigenvalue weighted by atomic mass is 32.2. The van der Waals surface area contributed by atoms with Gasteiger partial charge in [0, 0.05) is 30.5 Å². The van der Waals surface area contributed by atoms with Crippen molar-refractivity contribution in [3.05, 3.63) is 23.8 Å². The molecule has 0 radical (unpaired) electrons. The molecule has 2 aliphatic rings. The van der Waals surface area contributed by atoms with Crippen LogP contribution in [0.1, 0.15) is 32.3 Å². The number of fused-ring (bicyclic) bond motifs is 1. The van der Waals surface area contributed by atoms with Crippen LogP contribution < -0.4 is 10.6 Å². The lowest BCUT2D eigenvalue weighted by atomic mass is 10.1. The van der Waals surface area contributed by atoms with E-state index in [4.69, 9.17) is 0 Å². The van der Waals surface area contributed by atoms with E-state index in [-0.39, 0.29) is 22.6 Å². The van der Waals surface area contributed by atoms with Gasteiger partial charge in [0.2, 0.25) is 17.7 Å². The molecule has 2 N–H and O–H groups in total. The van der Waals surface area contributed by atoms with Gasteiger partial charge in [-0.15, -0.1) is 11.8 Å². The molecule has 0 saturated carbocycles. The van der Waals surface area contributed by atoms with Gasteiger partial charge in [0.1, 0.15) is 6.04 Å². The average molecular weight is 347 g/mol. The van der Waals surface area contributed by atoms with Crippen LogP contribution in [0.15, 0.2) is 18.2 Å². The molecule has 24 heavy (non-hydrogen) atoms. The number of nitrogens with zero attached hydrogens (tertiary/aromatic N) is 1. The van der Waals surface area contributed by atoms with Gasteiger partial charge in [0.25, 0.3) is 0 Å². The van der Waals surface area contributed by atoms with E-state index in [2.05, 4.69) is 10.6 Å². The van der Waals surface area contributed by atoms with Gasteiger partial charge in [0.05, 0.1) is 4.87 Å². The quantitative estimate of drug-likeness (QED) is 0.880. The second kappa shape index (κ2) is 6.12. The minimum Gasteiger partial charge on any atom is -0.326 e. The van der Waals surface area contributed by atoms with Crippen LogP contribution in [0, 0.1) is 6.92 Å². The van der Waals surface area contributed by atoms with Crippen molar-refractivity contribution in [1.29, 1.82) is 0 Å². The monoisotopic (exact) mass is 347 g/mol. The maximum atomic E-state index is 12.6. The third-order valence-corrected chi connectivity index (χ3v) is 6.06. The number of rotatable bonds is 3. The summed E-state index contributed by atoms with van der Waals surface area (Å²) < 4.78 is 0. The Morgan fingerprint density at radius 3 is 2.75 bits per heavy atom. The summed E-state index contributed by atoms with van der Waals surface area (Å²) in [6.45, 7) is 5.35. The van der Waals surface area contributed by atoms with Crippen molar-refractivity contribution in [3.63, 3.8) is 0 Å². The Balaban J connectivity index is 1.72. The van der Waals surface area contributed by atoms with Crippen molar-refractivity contribution in [2.45, 2.75) is 44.5 Å². The van der Waals surface area contributed by atoms with Crippen LogP contribution in [0.5, 0.6) is 0 Å². The van der Waals surface area contributed by atoms with E-state index in [1.165, 1.54) is 6.92 Å². The van der Waals surface area contributed by atoms with Crippen LogP contribution >= 0.6 is 11.8 Å². The number of thioether (sulfide) groups is 1. The molecule has 2 atom stereocenters. The fraction of sp³-hybridized carbons (Fsp3) is 0.471. The van der Waals surface area contributed by atoms with Crippen LogP contribution in [0.2, 0.25) is 0 Å². The first-order valence-electron chi connectivity index (χ1n) is 7.95. The summed E-state index contributed by atoms with van der Waals surface area (Å²) in [5.74, 6) is 0.384. The Morgan fingerprint density at radius 2 is 2.08 bits per heavy atom. The van der Waals surface area contributed by atoms with Gasteiger partial charge in [-0.3, -0.25) is 14.4 Å². The highest BCUT2D eigenvalue weighted by Gasteiger charge is 2.52. The van der Waals surface area contributed by atoms with Gasteiger partial charge in [0.15, 0.2) is 0 Å². The molecule has 0 aromatic heterocycles. The standard InChI is InChI=1S/C17H21N3O3S/c1-10-8-12(4-5-13(10)18-11(2)21)19-16(23)14-9-24-17(3)7-6-15(22)20(14)17/h4-5,8,14H,6-7,9H2,1-3H3,(H,18,21)(H,19,23)/t14-,17+/m0/s1. The molecule has 2 aliphatic heterocycles. The first kappa shape index (κ1) is 16.8. The van der Waals surface area contributed by atoms with Crippen molar-refractivity contribution < 1.29 is 14.4 Å². The van der Waals surface area contributed by atoms with Gasteiger partial charge in [-0.05, 0) is 44.0 Å². The Labute approximate surface area is 145 Å². The summed E-state index contributed by atoms with van der Waals surface area (Å²) in [5, 5.41) is 5.64. The van der Waals surface area contributed by atoms with Gasteiger partial charge < -0.3 is 15.5 Å². The number of carbonyl (C=O) groups excluding carboxylic acids is 3. The van der Waals surface area contributed by atoms with E-state index in [9.17, 15) is 14.4 Å². The van der Waals surface area contributed by atoms with Gasteiger partial charge >= 0.3 is 0 Å². The minimum atomic E-state index is -0.426. The number of hydrogen-bond acceptors (Lipinski definition) is 4. The Hall–Kier alpha value is -2.02. The normalized spacial score (nSPS) is 25.5. The largest absolute Gasteiger partial charge is 0.326 e. The summed E-state index contributed by atoms with van der Waals surface area (Å²) >= 11 is 1.68. The molecule has 0 bridgehead atoms. The zero-order valence-corrected chi connectivity index (χ0v) is 14.8. The second-order valence-corrected chi connectivity index (χ2v) is 7.97. The molecule has 128 valence electrons. The Bertz CT molecular complexity index is 721. The van der Waals surface area contributed by atoms with Crippen molar-refractivity contribution in [2.24, 2.45) is 0 Å². The molecule has 0 unspecified atom stereocenters. The number of hydrogen-bond donors (Lipinski definition) is 2. The molecule has 0 aliphatic carbocycles. The fourth-order valence-corrected chi connectivity index (χ4v) is 4.74. The zero-order valence-electron chi connectivity index (χ0n) is 14.0. The molecular weight excluding hydrogens is 326 g/mol. The molecule has 6 nitrogen and oxygen atoms in total. The van der Waals surface area contributed by atoms with E-state index in [1.807, 2.05) is 19.9 Å². The fourth-order valence-electron chi connectivity index (χ4n) is 3.31. The predicted molar refractivity (Wildman–Crippen MR) is 94.8 cm³/mol. The lowest BCUT2D eigenvalue weighted by Crippen LogP contribution is -2.48. The number of benzene rings is 1. The number of aryl methyl sites for hydroxylation is 1. The summed E-state index contributed by atoms with van der Waals surface area (Å²) in [6.07, 6.45) is 1.31. The van der Waals surface area contributed by atoms with E-state index in [1.54, 1.807) is 28.8 Å². The topological polar surface area (TPSA) is 78.5 Å². The van der Waals surface area contributed by atoms with E-state index >= 15 is 0 Å². The molecule has 1 aromatic rings. The van der Waals surface area contributed by atoms with E-state index in [0.717, 1.165) is 17.7 Å². The summed E-state index contributed by atoms with van der Waals surface area (Å²) in [5.41, 5.74) is 2.25. The minimum absolute atomic E-state index is 0.0554. The molecule has 2 heterocycles. The smallest absolute Gasteiger partial charge is 0.248 e. The molecule has 3 rings (SSSR count). The molecule has 3 amide bonds. The highest BCUT2D eigenvalue weighted by molar-refractivity contribution is 8.01. The molecule has 2 saturated heterocycles. The van der Waals surface area contributed by atoms with Crippen molar-refractivity contribution in [1.82, 2.24) is 4.90 Å². The van der Waals surface area contributed by atoms with Gasteiger partial charge in [-0.25, -0.2) is 0 Å². The average Bonchev–Trinajstić information content (AvgIpc) is 2.98. The second-order valence-electron chi connectivity index (χ2n) is 6.47. The third-order valence-electron chi connectivity index (χ3n) is 4.55. The van der Waals surface area contributed by atoms with Gasteiger partial charge in [-0.1, -0.05) is 0 Å². The number of carbonyl (C=O) groups is 3. The number of amides is 3. The lowest BCUT2D eigenvalue weighted by Gasteiger charge is -2.29. The molecule has 7 heteroatoms. The maximum Gasteiger partial charge on any atom is 0.248 e. The van der Waals surface area contributed by atoms with Crippen LogP contribution in [-0.4, -0.2) is 39.3 Å². The first-order chi connectivity index (χ1) is 11.3. The third kappa shape index (κ3) is 3.00. The van der Waals surface area contributed by atoms with E-state index in [0.29, 0.717) is 17.9 Å². The molecule has 1 aromatic carbocycles. The number of nitrogens with one attached hydrogen (secondary N) is 2.